The predicted molar refractivity (Wildman–Crippen MR) is 46.0 cm³/mol. The van der Waals surface area contributed by atoms with E-state index in [0.717, 1.165) is 5.69 Å². The lowest BCUT2D eigenvalue weighted by molar-refractivity contribution is 0.360. The van der Waals surface area contributed by atoms with E-state index in [1.807, 2.05) is 6.92 Å². The maximum absolute atomic E-state index is 5.72. The molecular weight excluding hydrogens is 184 g/mol. The van der Waals surface area contributed by atoms with Gasteiger partial charge in [-0.05, 0) is 6.92 Å². The van der Waals surface area contributed by atoms with Crippen molar-refractivity contribution in [2.24, 2.45) is 5.73 Å². The summed E-state index contributed by atoms with van der Waals surface area (Å²) in [4.78, 5) is 3.88. The zero-order valence-electron chi connectivity index (χ0n) is 7.66. The van der Waals surface area contributed by atoms with Gasteiger partial charge in [-0.15, -0.1) is 5.10 Å². The number of nitrogens with zero attached hydrogens (tertiary/aromatic N) is 5. The van der Waals surface area contributed by atoms with Crippen molar-refractivity contribution >= 4 is 0 Å². The lowest BCUT2D eigenvalue weighted by atomic mass is 10.3. The van der Waals surface area contributed by atoms with Gasteiger partial charge in [0.05, 0.1) is 11.9 Å². The van der Waals surface area contributed by atoms with E-state index < -0.39 is 0 Å². The van der Waals surface area contributed by atoms with Crippen LogP contribution in [-0.4, -0.2) is 25.1 Å². The molecule has 0 aliphatic carbocycles. The van der Waals surface area contributed by atoms with Gasteiger partial charge < -0.3 is 10.3 Å². The number of nitrogens with two attached hydrogens (primary N) is 1. The van der Waals surface area contributed by atoms with Gasteiger partial charge in [-0.25, -0.2) is 4.68 Å². The normalized spacial score (nSPS) is 13.0. The molecule has 0 radical (unpaired) electrons. The summed E-state index contributed by atoms with van der Waals surface area (Å²) in [6, 6.07) is -0.118. The van der Waals surface area contributed by atoms with Gasteiger partial charge in [0.15, 0.2) is 6.33 Å². The SMILES string of the molecule is C[C@@H](N)c1cnnn1Cc1ncno1. The summed E-state index contributed by atoms with van der Waals surface area (Å²) in [6.45, 7) is 2.26. The molecule has 2 aromatic rings. The minimum atomic E-state index is -0.118. The first-order chi connectivity index (χ1) is 6.77. The van der Waals surface area contributed by atoms with E-state index in [1.165, 1.54) is 6.33 Å². The maximum atomic E-state index is 5.72. The van der Waals surface area contributed by atoms with Crippen LogP contribution in [0.2, 0.25) is 0 Å². The fourth-order valence-corrected chi connectivity index (χ4v) is 1.13. The van der Waals surface area contributed by atoms with Crippen LogP contribution in [0.15, 0.2) is 17.0 Å². The van der Waals surface area contributed by atoms with E-state index in [1.54, 1.807) is 10.9 Å². The maximum Gasteiger partial charge on any atom is 0.248 e. The molecule has 0 saturated heterocycles. The van der Waals surface area contributed by atoms with Gasteiger partial charge in [0.2, 0.25) is 5.89 Å². The van der Waals surface area contributed by atoms with Gasteiger partial charge in [0.1, 0.15) is 6.54 Å². The Labute approximate surface area is 79.9 Å². The lowest BCUT2D eigenvalue weighted by Crippen LogP contribution is -2.14. The molecule has 0 aliphatic heterocycles. The first kappa shape index (κ1) is 8.82. The minimum absolute atomic E-state index is 0.118. The molecule has 7 heteroatoms. The summed E-state index contributed by atoms with van der Waals surface area (Å²) in [5, 5.41) is 11.1. The van der Waals surface area contributed by atoms with Crippen LogP contribution >= 0.6 is 0 Å². The third kappa shape index (κ3) is 1.62. The third-order valence-electron chi connectivity index (χ3n) is 1.81. The summed E-state index contributed by atoms with van der Waals surface area (Å²) >= 11 is 0. The van der Waals surface area contributed by atoms with Crippen molar-refractivity contribution in [1.29, 1.82) is 0 Å². The Bertz CT molecular complexity index is 392. The molecule has 2 rings (SSSR count). The summed E-state index contributed by atoms with van der Waals surface area (Å²) in [5.41, 5.74) is 6.56. The van der Waals surface area contributed by atoms with Crippen LogP contribution in [0.5, 0.6) is 0 Å². The second-order valence-electron chi connectivity index (χ2n) is 2.94. The molecule has 7 nitrogen and oxygen atoms in total. The quantitative estimate of drug-likeness (QED) is 0.722. The standard InChI is InChI=1S/C7H10N6O/c1-5(8)6-2-10-12-13(6)3-7-9-4-11-14-7/h2,4-5H,3,8H2,1H3/t5-/m1/s1. The zero-order chi connectivity index (χ0) is 9.97. The number of rotatable bonds is 3. The van der Waals surface area contributed by atoms with Crippen LogP contribution in [0.25, 0.3) is 0 Å². The molecule has 0 spiro atoms. The van der Waals surface area contributed by atoms with Crippen molar-refractivity contribution in [2.75, 3.05) is 0 Å². The van der Waals surface area contributed by atoms with E-state index in [0.29, 0.717) is 12.4 Å². The highest BCUT2D eigenvalue weighted by Crippen LogP contribution is 2.08. The van der Waals surface area contributed by atoms with Gasteiger partial charge >= 0.3 is 0 Å². The highest BCUT2D eigenvalue weighted by molar-refractivity contribution is 5.00. The lowest BCUT2D eigenvalue weighted by Gasteiger charge is -2.05. The fourth-order valence-electron chi connectivity index (χ4n) is 1.13. The average Bonchev–Trinajstić information content (AvgIpc) is 2.75. The van der Waals surface area contributed by atoms with E-state index in [2.05, 4.69) is 20.5 Å². The van der Waals surface area contributed by atoms with Gasteiger partial charge in [0, 0.05) is 6.04 Å². The van der Waals surface area contributed by atoms with Gasteiger partial charge in [0.25, 0.3) is 0 Å². The number of hydrogen-bond acceptors (Lipinski definition) is 6. The minimum Gasteiger partial charge on any atom is -0.338 e. The zero-order valence-corrected chi connectivity index (χ0v) is 7.66. The van der Waals surface area contributed by atoms with E-state index >= 15 is 0 Å². The first-order valence-electron chi connectivity index (χ1n) is 4.17. The Kier molecular flexibility index (Phi) is 2.23. The second-order valence-corrected chi connectivity index (χ2v) is 2.94. The number of hydrogen-bond donors (Lipinski definition) is 1. The molecule has 0 aliphatic rings. The molecule has 1 atom stereocenters. The van der Waals surface area contributed by atoms with E-state index in [-0.39, 0.29) is 6.04 Å². The smallest absolute Gasteiger partial charge is 0.248 e. The molecule has 0 aromatic carbocycles. The predicted octanol–water partition coefficient (Wildman–Crippen LogP) is -0.271. The van der Waals surface area contributed by atoms with Gasteiger partial charge in [-0.3, -0.25) is 0 Å². The Morgan fingerprint density at radius 1 is 1.64 bits per heavy atom. The third-order valence-corrected chi connectivity index (χ3v) is 1.81. The molecule has 2 aromatic heterocycles. The molecule has 0 saturated carbocycles. The summed E-state index contributed by atoms with van der Waals surface area (Å²) in [5.74, 6) is 0.484. The molecule has 0 bridgehead atoms. The van der Waals surface area contributed by atoms with Crippen LogP contribution in [-0.2, 0) is 6.54 Å². The van der Waals surface area contributed by atoms with E-state index in [4.69, 9.17) is 10.3 Å². The second kappa shape index (κ2) is 3.54. The largest absolute Gasteiger partial charge is 0.338 e. The van der Waals surface area contributed by atoms with Crippen LogP contribution in [0, 0.1) is 0 Å². The Morgan fingerprint density at radius 3 is 3.14 bits per heavy atom. The van der Waals surface area contributed by atoms with Crippen LogP contribution in [0.4, 0.5) is 0 Å². The van der Waals surface area contributed by atoms with Crippen molar-refractivity contribution in [3.63, 3.8) is 0 Å². The molecule has 2 heterocycles. The topological polar surface area (TPSA) is 95.7 Å². The molecule has 2 N–H and O–H groups in total. The summed E-state index contributed by atoms with van der Waals surface area (Å²) in [6.07, 6.45) is 2.97. The van der Waals surface area contributed by atoms with Crippen molar-refractivity contribution in [3.8, 4) is 0 Å². The van der Waals surface area contributed by atoms with Gasteiger partial charge in [-0.2, -0.15) is 4.98 Å². The highest BCUT2D eigenvalue weighted by atomic mass is 16.5. The fraction of sp³-hybridized carbons (Fsp3) is 0.429. The van der Waals surface area contributed by atoms with Crippen LogP contribution < -0.4 is 5.73 Å². The van der Waals surface area contributed by atoms with Crippen LogP contribution in [0.3, 0.4) is 0 Å². The van der Waals surface area contributed by atoms with Crippen molar-refractivity contribution < 1.29 is 4.52 Å². The molecule has 74 valence electrons. The Morgan fingerprint density at radius 2 is 2.50 bits per heavy atom. The molecule has 14 heavy (non-hydrogen) atoms. The Balaban J connectivity index is 2.21. The number of aromatic nitrogens is 5. The monoisotopic (exact) mass is 194 g/mol. The van der Waals surface area contributed by atoms with Crippen molar-refractivity contribution in [1.82, 2.24) is 25.1 Å². The highest BCUT2D eigenvalue weighted by Gasteiger charge is 2.10. The van der Waals surface area contributed by atoms with Crippen LogP contribution in [0.1, 0.15) is 24.6 Å². The van der Waals surface area contributed by atoms with Gasteiger partial charge in [-0.1, -0.05) is 10.4 Å². The van der Waals surface area contributed by atoms with Crippen molar-refractivity contribution in [3.05, 3.63) is 24.1 Å². The van der Waals surface area contributed by atoms with E-state index in [9.17, 15) is 0 Å². The average molecular weight is 194 g/mol. The molecule has 0 unspecified atom stereocenters. The summed E-state index contributed by atoms with van der Waals surface area (Å²) in [7, 11) is 0. The molecule has 0 amide bonds. The molecular formula is C7H10N6O. The molecule has 0 fully saturated rings. The summed E-state index contributed by atoms with van der Waals surface area (Å²) < 4.78 is 6.49. The van der Waals surface area contributed by atoms with Crippen molar-refractivity contribution in [2.45, 2.75) is 19.5 Å². The Hall–Kier alpha value is -1.76. The first-order valence-corrected chi connectivity index (χ1v) is 4.17.